The van der Waals surface area contributed by atoms with E-state index in [4.69, 9.17) is 39.5 Å². The summed E-state index contributed by atoms with van der Waals surface area (Å²) in [4.78, 5) is 10.9. The third-order valence-corrected chi connectivity index (χ3v) is 1.82. The highest BCUT2D eigenvalue weighted by atomic mass is 35.6. The lowest BCUT2D eigenvalue weighted by Crippen LogP contribution is -2.34. The predicted octanol–water partition coefficient (Wildman–Crippen LogP) is 1.22. The number of ether oxygens (including phenoxy) is 1. The first-order chi connectivity index (χ1) is 4.91. The fraction of sp³-hybridized carbons (Fsp3) is 0.800. The highest BCUT2D eigenvalue weighted by molar-refractivity contribution is 6.68. The van der Waals surface area contributed by atoms with Gasteiger partial charge in [-0.2, -0.15) is 0 Å². The van der Waals surface area contributed by atoms with Gasteiger partial charge in [-0.3, -0.25) is 4.79 Å². The summed E-state index contributed by atoms with van der Waals surface area (Å²) in [5, 5.41) is 2.46. The van der Waals surface area contributed by atoms with Crippen LogP contribution >= 0.6 is 34.8 Å². The number of carbonyl (C=O) groups is 1. The van der Waals surface area contributed by atoms with Crippen molar-refractivity contribution in [2.45, 2.75) is 23.0 Å². The summed E-state index contributed by atoms with van der Waals surface area (Å²) >= 11 is 16.3. The van der Waals surface area contributed by atoms with Crippen molar-refractivity contribution in [2.24, 2.45) is 0 Å². The van der Waals surface area contributed by atoms with Crippen LogP contribution in [0.5, 0.6) is 0 Å². The molecule has 0 bridgehead atoms. The van der Waals surface area contributed by atoms with Crippen molar-refractivity contribution in [3.63, 3.8) is 0 Å². The van der Waals surface area contributed by atoms with E-state index in [1.165, 1.54) is 0 Å². The molecule has 64 valence electrons. The standard InChI is InChI=1S/C5H6Cl3NO2/c1-2-9-4(10)3(11-2)5(6,7)8/h2-3H,1H3,(H,9,10). The first-order valence-corrected chi connectivity index (χ1v) is 4.07. The van der Waals surface area contributed by atoms with Crippen LogP contribution in [0.15, 0.2) is 0 Å². The molecule has 0 saturated carbocycles. The topological polar surface area (TPSA) is 38.3 Å². The maximum atomic E-state index is 10.9. The predicted molar refractivity (Wildman–Crippen MR) is 42.8 cm³/mol. The quantitative estimate of drug-likeness (QED) is 0.621. The summed E-state index contributed by atoms with van der Waals surface area (Å²) < 4.78 is 3.30. The summed E-state index contributed by atoms with van der Waals surface area (Å²) in [6, 6.07) is 0. The number of alkyl halides is 3. The Hall–Kier alpha value is 0.300. The van der Waals surface area contributed by atoms with Crippen LogP contribution in [0, 0.1) is 0 Å². The number of nitrogens with one attached hydrogen (secondary N) is 1. The minimum absolute atomic E-state index is 0.386. The summed E-state index contributed by atoms with van der Waals surface area (Å²) in [6.45, 7) is 1.66. The summed E-state index contributed by atoms with van der Waals surface area (Å²) in [6.07, 6.45) is -1.38. The van der Waals surface area contributed by atoms with Gasteiger partial charge >= 0.3 is 0 Å². The molecule has 11 heavy (non-hydrogen) atoms. The molecular weight excluding hydrogens is 212 g/mol. The van der Waals surface area contributed by atoms with Gasteiger partial charge in [-0.1, -0.05) is 34.8 Å². The van der Waals surface area contributed by atoms with Gasteiger partial charge < -0.3 is 10.1 Å². The molecule has 0 radical (unpaired) electrons. The van der Waals surface area contributed by atoms with Gasteiger partial charge in [0.15, 0.2) is 6.10 Å². The third kappa shape index (κ3) is 2.12. The average molecular weight is 218 g/mol. The van der Waals surface area contributed by atoms with Crippen molar-refractivity contribution in [3.05, 3.63) is 0 Å². The number of amides is 1. The van der Waals surface area contributed by atoms with E-state index in [1.54, 1.807) is 6.92 Å². The van der Waals surface area contributed by atoms with Crippen LogP contribution in [-0.4, -0.2) is 22.0 Å². The number of rotatable bonds is 0. The lowest BCUT2D eigenvalue weighted by Gasteiger charge is -2.15. The van der Waals surface area contributed by atoms with E-state index in [9.17, 15) is 4.79 Å². The van der Waals surface area contributed by atoms with Crippen molar-refractivity contribution in [3.8, 4) is 0 Å². The third-order valence-electron chi connectivity index (χ3n) is 1.22. The normalized spacial score (nSPS) is 32.2. The van der Waals surface area contributed by atoms with Crippen molar-refractivity contribution < 1.29 is 9.53 Å². The molecule has 0 aromatic carbocycles. The Bertz CT molecular complexity index is 179. The zero-order valence-corrected chi connectivity index (χ0v) is 7.87. The SMILES string of the molecule is CC1NC(=O)C(C(Cl)(Cl)Cl)O1. The van der Waals surface area contributed by atoms with Crippen LogP contribution in [0.1, 0.15) is 6.92 Å². The van der Waals surface area contributed by atoms with E-state index in [1.807, 2.05) is 0 Å². The summed E-state index contributed by atoms with van der Waals surface area (Å²) in [7, 11) is 0. The van der Waals surface area contributed by atoms with E-state index in [-0.39, 0.29) is 6.23 Å². The molecule has 1 amide bonds. The fourth-order valence-corrected chi connectivity index (χ4v) is 1.25. The second-order valence-corrected chi connectivity index (χ2v) is 4.58. The van der Waals surface area contributed by atoms with Crippen LogP contribution in [-0.2, 0) is 9.53 Å². The molecule has 1 aliphatic heterocycles. The van der Waals surface area contributed by atoms with Gasteiger partial charge in [0.05, 0.1) is 0 Å². The fourth-order valence-electron chi connectivity index (χ4n) is 0.802. The molecular formula is C5H6Cl3NO2. The van der Waals surface area contributed by atoms with Gasteiger partial charge in [-0.15, -0.1) is 0 Å². The molecule has 2 unspecified atom stereocenters. The first kappa shape index (κ1) is 9.39. The van der Waals surface area contributed by atoms with Crippen molar-refractivity contribution >= 4 is 40.7 Å². The second kappa shape index (κ2) is 2.98. The Labute approximate surface area is 78.9 Å². The van der Waals surface area contributed by atoms with Crippen LogP contribution in [0.3, 0.4) is 0 Å². The minimum Gasteiger partial charge on any atom is -0.341 e. The number of hydrogen-bond donors (Lipinski definition) is 1. The maximum absolute atomic E-state index is 10.9. The zero-order valence-electron chi connectivity index (χ0n) is 5.61. The smallest absolute Gasteiger partial charge is 0.255 e. The lowest BCUT2D eigenvalue weighted by molar-refractivity contribution is -0.123. The molecule has 0 aromatic rings. The van der Waals surface area contributed by atoms with Gasteiger partial charge in [0, 0.05) is 0 Å². The van der Waals surface area contributed by atoms with Crippen molar-refractivity contribution in [1.29, 1.82) is 0 Å². The molecule has 1 saturated heterocycles. The molecule has 1 fully saturated rings. The Morgan fingerprint density at radius 3 is 2.27 bits per heavy atom. The Morgan fingerprint density at radius 2 is 2.09 bits per heavy atom. The largest absolute Gasteiger partial charge is 0.341 e. The first-order valence-electron chi connectivity index (χ1n) is 2.94. The molecule has 0 aliphatic carbocycles. The second-order valence-electron chi connectivity index (χ2n) is 2.21. The van der Waals surface area contributed by atoms with Gasteiger partial charge in [0.2, 0.25) is 3.79 Å². The molecule has 6 heteroatoms. The van der Waals surface area contributed by atoms with Crippen LogP contribution in [0.4, 0.5) is 0 Å². The van der Waals surface area contributed by atoms with Crippen LogP contribution in [0.25, 0.3) is 0 Å². The molecule has 1 rings (SSSR count). The number of carbonyl (C=O) groups excluding carboxylic acids is 1. The van der Waals surface area contributed by atoms with Gasteiger partial charge in [0.25, 0.3) is 5.91 Å². The molecule has 1 heterocycles. The Balaban J connectivity index is 2.68. The highest BCUT2D eigenvalue weighted by Gasteiger charge is 2.44. The molecule has 0 aromatic heterocycles. The van der Waals surface area contributed by atoms with Gasteiger partial charge in [-0.25, -0.2) is 0 Å². The summed E-state index contributed by atoms with van der Waals surface area (Å²) in [5.74, 6) is -0.391. The summed E-state index contributed by atoms with van der Waals surface area (Å²) in [5.41, 5.74) is 0. The highest BCUT2D eigenvalue weighted by Crippen LogP contribution is 2.34. The Morgan fingerprint density at radius 1 is 1.55 bits per heavy atom. The van der Waals surface area contributed by atoms with Crippen LogP contribution in [0.2, 0.25) is 0 Å². The van der Waals surface area contributed by atoms with Crippen molar-refractivity contribution in [2.75, 3.05) is 0 Å². The zero-order chi connectivity index (χ0) is 8.65. The lowest BCUT2D eigenvalue weighted by atomic mass is 10.4. The van der Waals surface area contributed by atoms with E-state index in [2.05, 4.69) is 5.32 Å². The molecule has 0 spiro atoms. The minimum atomic E-state index is -1.69. The number of halogens is 3. The molecule has 3 nitrogen and oxygen atoms in total. The van der Waals surface area contributed by atoms with E-state index >= 15 is 0 Å². The average Bonchev–Trinajstić information content (AvgIpc) is 2.08. The number of hydrogen-bond acceptors (Lipinski definition) is 2. The maximum Gasteiger partial charge on any atom is 0.255 e. The molecule has 1 N–H and O–H groups in total. The van der Waals surface area contributed by atoms with E-state index < -0.39 is 15.8 Å². The molecule has 2 atom stereocenters. The van der Waals surface area contributed by atoms with E-state index in [0.717, 1.165) is 0 Å². The van der Waals surface area contributed by atoms with E-state index in [0.29, 0.717) is 0 Å². The van der Waals surface area contributed by atoms with Gasteiger partial charge in [-0.05, 0) is 6.92 Å². The van der Waals surface area contributed by atoms with Crippen LogP contribution < -0.4 is 5.32 Å². The Kier molecular flexibility index (Phi) is 2.54. The van der Waals surface area contributed by atoms with Gasteiger partial charge in [0.1, 0.15) is 6.23 Å². The van der Waals surface area contributed by atoms with Crippen molar-refractivity contribution in [1.82, 2.24) is 5.32 Å². The monoisotopic (exact) mass is 217 g/mol. The molecule has 1 aliphatic rings.